The molecule has 0 aliphatic carbocycles. The molecule has 1 aliphatic rings. The minimum atomic E-state index is 0.851. The number of thiophene rings is 1. The molecule has 1 aliphatic heterocycles. The Morgan fingerprint density at radius 2 is 0.714 bits per heavy atom. The number of benzene rings is 10. The van der Waals surface area contributed by atoms with Gasteiger partial charge in [-0.15, -0.1) is 11.3 Å². The van der Waals surface area contributed by atoms with Crippen molar-refractivity contribution in [3.63, 3.8) is 0 Å². The molecule has 0 bridgehead atoms. The fourth-order valence-electron chi connectivity index (χ4n) is 10.0. The van der Waals surface area contributed by atoms with Gasteiger partial charge in [-0.25, -0.2) is 0 Å². The van der Waals surface area contributed by atoms with Crippen molar-refractivity contribution in [1.29, 1.82) is 0 Å². The number of ether oxygens (including phenoxy) is 1. The van der Waals surface area contributed by atoms with E-state index in [1.165, 1.54) is 74.0 Å². The Labute approximate surface area is 368 Å². The first-order chi connectivity index (χ1) is 31.2. The first-order valence-electron chi connectivity index (χ1n) is 21.5. The lowest BCUT2D eigenvalue weighted by Gasteiger charge is -2.27. The number of para-hydroxylation sites is 3. The second-order valence-electron chi connectivity index (χ2n) is 16.4. The molecule has 294 valence electrons. The number of fused-ring (bicyclic) bond motifs is 18. The molecule has 11 aromatic carbocycles. The van der Waals surface area contributed by atoms with Gasteiger partial charge in [0.2, 0.25) is 0 Å². The standard InChI is InChI=1S/C60H37NOS/c1-2-16-38(17-3-1)61(39-31-33-48-49-24-10-13-27-57(49)62-58-28-14-11-25-50(58)52(48)34-39)40-30-32-47-45-22-7-6-20-43(45)41-18-4-5-19-42(41)44-21-8-9-23-46(44)55-37-60-56(36-54(55)53(47)35-40)51-26-12-15-29-59(51)63-60/h1-37H. The Kier molecular flexibility index (Phi) is 8.12. The molecule has 0 fully saturated rings. The number of hydrogen-bond donors (Lipinski definition) is 0. The molecule has 63 heavy (non-hydrogen) atoms. The van der Waals surface area contributed by atoms with Gasteiger partial charge in [-0.2, -0.15) is 0 Å². The van der Waals surface area contributed by atoms with Gasteiger partial charge in [0.25, 0.3) is 0 Å². The summed E-state index contributed by atoms with van der Waals surface area (Å²) in [5, 5.41) is 14.7. The molecule has 0 amide bonds. The van der Waals surface area contributed by atoms with E-state index in [0.717, 1.165) is 50.8 Å². The third-order valence-electron chi connectivity index (χ3n) is 12.9. The normalized spacial score (nSPS) is 11.9. The van der Waals surface area contributed by atoms with Crippen LogP contribution in [0.5, 0.6) is 11.5 Å². The SMILES string of the molecule is c1ccc(N(c2ccc3c(c2)-c2ccccc2Oc2ccccc2-3)c2ccc3c4ccccc4c4ccccc4c4ccccc4c4cc5sc6ccccc6c5cc4c3c2)cc1. The molecule has 0 atom stereocenters. The van der Waals surface area contributed by atoms with Crippen LogP contribution in [0, 0.1) is 0 Å². The summed E-state index contributed by atoms with van der Waals surface area (Å²) in [4.78, 5) is 2.41. The van der Waals surface area contributed by atoms with Crippen molar-refractivity contribution < 1.29 is 4.74 Å². The van der Waals surface area contributed by atoms with Crippen LogP contribution in [0.1, 0.15) is 0 Å². The maximum atomic E-state index is 6.61. The molecular formula is C60H37NOS. The quantitative estimate of drug-likeness (QED) is 0.176. The fourth-order valence-corrected chi connectivity index (χ4v) is 11.2. The Balaban J connectivity index is 1.19. The third kappa shape index (κ3) is 5.71. The van der Waals surface area contributed by atoms with Crippen molar-refractivity contribution in [3.8, 4) is 33.8 Å². The van der Waals surface area contributed by atoms with Crippen LogP contribution in [0.2, 0.25) is 0 Å². The summed E-state index contributed by atoms with van der Waals surface area (Å²) in [6.07, 6.45) is 0. The molecule has 0 saturated carbocycles. The molecule has 0 spiro atoms. The van der Waals surface area contributed by atoms with E-state index < -0.39 is 0 Å². The molecule has 13 rings (SSSR count). The highest BCUT2D eigenvalue weighted by atomic mass is 32.1. The van der Waals surface area contributed by atoms with Crippen molar-refractivity contribution in [2.24, 2.45) is 0 Å². The first-order valence-corrected chi connectivity index (χ1v) is 22.3. The second kappa shape index (κ2) is 14.3. The maximum absolute atomic E-state index is 6.61. The summed E-state index contributed by atoms with van der Waals surface area (Å²) in [6.45, 7) is 0. The Morgan fingerprint density at radius 3 is 1.37 bits per heavy atom. The van der Waals surface area contributed by atoms with E-state index in [0.29, 0.717) is 0 Å². The van der Waals surface area contributed by atoms with Crippen molar-refractivity contribution in [1.82, 2.24) is 0 Å². The highest BCUT2D eigenvalue weighted by molar-refractivity contribution is 7.25. The van der Waals surface area contributed by atoms with Gasteiger partial charge in [-0.1, -0.05) is 158 Å². The van der Waals surface area contributed by atoms with Crippen LogP contribution in [0.25, 0.3) is 96.3 Å². The highest BCUT2D eigenvalue weighted by Crippen LogP contribution is 2.50. The number of rotatable bonds is 3. The van der Waals surface area contributed by atoms with E-state index in [1.54, 1.807) is 0 Å². The first kappa shape index (κ1) is 35.7. The Morgan fingerprint density at radius 1 is 0.254 bits per heavy atom. The van der Waals surface area contributed by atoms with Crippen molar-refractivity contribution >= 4 is 102 Å². The average molecular weight is 820 g/mol. The highest BCUT2D eigenvalue weighted by Gasteiger charge is 2.23. The second-order valence-corrected chi connectivity index (χ2v) is 17.4. The monoisotopic (exact) mass is 819 g/mol. The minimum absolute atomic E-state index is 0.851. The van der Waals surface area contributed by atoms with Gasteiger partial charge in [0, 0.05) is 48.4 Å². The molecule has 12 aromatic rings. The van der Waals surface area contributed by atoms with Gasteiger partial charge < -0.3 is 9.64 Å². The van der Waals surface area contributed by atoms with Crippen molar-refractivity contribution in [2.75, 3.05) is 4.90 Å². The number of anilines is 3. The summed E-state index contributed by atoms with van der Waals surface area (Å²) in [5.74, 6) is 1.71. The lowest BCUT2D eigenvalue weighted by Crippen LogP contribution is -2.10. The Hall–Kier alpha value is -7.98. The summed E-state index contributed by atoms with van der Waals surface area (Å²) < 4.78 is 9.19. The van der Waals surface area contributed by atoms with E-state index in [4.69, 9.17) is 4.74 Å². The molecule has 0 radical (unpaired) electrons. The summed E-state index contributed by atoms with van der Waals surface area (Å²) in [6, 6.07) is 82.1. The van der Waals surface area contributed by atoms with Crippen molar-refractivity contribution in [2.45, 2.75) is 0 Å². The van der Waals surface area contributed by atoms with E-state index in [-0.39, 0.29) is 0 Å². The molecule has 2 nitrogen and oxygen atoms in total. The van der Waals surface area contributed by atoms with Gasteiger partial charge in [0.15, 0.2) is 0 Å². The fraction of sp³-hybridized carbons (Fsp3) is 0. The average Bonchev–Trinajstić information content (AvgIpc) is 3.65. The van der Waals surface area contributed by atoms with Gasteiger partial charge in [-0.3, -0.25) is 0 Å². The molecule has 2 heterocycles. The van der Waals surface area contributed by atoms with Crippen LogP contribution in [0.3, 0.4) is 0 Å². The van der Waals surface area contributed by atoms with Gasteiger partial charge in [0.1, 0.15) is 11.5 Å². The number of hydrogen-bond acceptors (Lipinski definition) is 3. The zero-order chi connectivity index (χ0) is 41.4. The lowest BCUT2D eigenvalue weighted by atomic mass is 9.93. The summed E-state index contributed by atoms with van der Waals surface area (Å²) in [7, 11) is 0. The van der Waals surface area contributed by atoms with E-state index in [1.807, 2.05) is 23.5 Å². The summed E-state index contributed by atoms with van der Waals surface area (Å²) >= 11 is 1.88. The van der Waals surface area contributed by atoms with Crippen LogP contribution in [0.4, 0.5) is 17.1 Å². The van der Waals surface area contributed by atoms with Crippen LogP contribution in [0.15, 0.2) is 224 Å². The third-order valence-corrected chi connectivity index (χ3v) is 14.0. The van der Waals surface area contributed by atoms with Gasteiger partial charge in [-0.05, 0) is 132 Å². The number of nitrogens with zero attached hydrogens (tertiary/aromatic N) is 1. The van der Waals surface area contributed by atoms with Crippen molar-refractivity contribution in [3.05, 3.63) is 224 Å². The molecular weight excluding hydrogens is 783 g/mol. The van der Waals surface area contributed by atoms with E-state index >= 15 is 0 Å². The smallest absolute Gasteiger partial charge is 0.135 e. The van der Waals surface area contributed by atoms with E-state index in [2.05, 4.69) is 217 Å². The van der Waals surface area contributed by atoms with Crippen LogP contribution >= 0.6 is 11.3 Å². The summed E-state index contributed by atoms with van der Waals surface area (Å²) in [5.41, 5.74) is 7.65. The zero-order valence-corrected chi connectivity index (χ0v) is 34.9. The largest absolute Gasteiger partial charge is 0.456 e. The topological polar surface area (TPSA) is 12.5 Å². The molecule has 1 aromatic heterocycles. The predicted molar refractivity (Wildman–Crippen MR) is 270 cm³/mol. The van der Waals surface area contributed by atoms with E-state index in [9.17, 15) is 0 Å². The molecule has 0 N–H and O–H groups in total. The minimum Gasteiger partial charge on any atom is -0.456 e. The lowest BCUT2D eigenvalue weighted by molar-refractivity contribution is 0.488. The predicted octanol–water partition coefficient (Wildman–Crippen LogP) is 17.9. The molecule has 3 heteroatoms. The maximum Gasteiger partial charge on any atom is 0.135 e. The molecule has 0 unspecified atom stereocenters. The van der Waals surface area contributed by atoms with Crippen LogP contribution in [-0.2, 0) is 0 Å². The molecule has 0 saturated heterocycles. The van der Waals surface area contributed by atoms with Gasteiger partial charge in [0.05, 0.1) is 0 Å². The zero-order valence-electron chi connectivity index (χ0n) is 34.1. The Bertz CT molecular complexity index is 3900. The van der Waals surface area contributed by atoms with Crippen LogP contribution < -0.4 is 9.64 Å². The van der Waals surface area contributed by atoms with Gasteiger partial charge >= 0.3 is 0 Å². The van der Waals surface area contributed by atoms with Crippen LogP contribution in [-0.4, -0.2) is 0 Å².